The molecule has 0 aromatic heterocycles. The van der Waals surface area contributed by atoms with Crippen LogP contribution in [0.2, 0.25) is 0 Å². The van der Waals surface area contributed by atoms with E-state index >= 15 is 0 Å². The van der Waals surface area contributed by atoms with Crippen molar-refractivity contribution in [1.29, 1.82) is 0 Å². The van der Waals surface area contributed by atoms with Crippen LogP contribution in [0.25, 0.3) is 0 Å². The van der Waals surface area contributed by atoms with Crippen molar-refractivity contribution >= 4 is 11.8 Å². The first-order chi connectivity index (χ1) is 12.2. The quantitative estimate of drug-likeness (QED) is 0.879. The van der Waals surface area contributed by atoms with E-state index in [0.717, 1.165) is 16.9 Å². The highest BCUT2D eigenvalue weighted by molar-refractivity contribution is 5.97. The average Bonchev–Trinajstić information content (AvgIpc) is 2.66. The predicted octanol–water partition coefficient (Wildman–Crippen LogP) is 3.09. The molecule has 2 amide bonds. The van der Waals surface area contributed by atoms with Gasteiger partial charge < -0.3 is 10.1 Å². The van der Waals surface area contributed by atoms with Crippen LogP contribution >= 0.6 is 0 Å². The van der Waals surface area contributed by atoms with Gasteiger partial charge in [-0.3, -0.25) is 9.59 Å². The lowest BCUT2D eigenvalue weighted by atomic mass is 9.99. The number of carbonyl (C=O) groups is 2. The van der Waals surface area contributed by atoms with Gasteiger partial charge in [-0.2, -0.15) is 5.11 Å². The van der Waals surface area contributed by atoms with Crippen LogP contribution in [0.4, 0.5) is 0 Å². The minimum absolute atomic E-state index is 0.0552. The second-order valence-electron chi connectivity index (χ2n) is 5.78. The molecule has 3 rings (SSSR count). The molecule has 1 aliphatic rings. The number of carbonyl (C=O) groups excluding carboxylic acids is 2. The highest BCUT2D eigenvalue weighted by Crippen LogP contribution is 2.26. The fraction of sp³-hybridized carbons (Fsp3) is 0.263. The molecule has 6 heteroatoms. The van der Waals surface area contributed by atoms with Gasteiger partial charge in [-0.05, 0) is 35.7 Å². The Kier molecular flexibility index (Phi) is 5.18. The number of azo groups is 1. The summed E-state index contributed by atoms with van der Waals surface area (Å²) in [6.45, 7) is 0.329. The number of fused-ring (bicyclic) bond motifs is 1. The third kappa shape index (κ3) is 4.09. The molecule has 1 atom stereocenters. The number of nitrogens with one attached hydrogen (secondary N) is 1. The Labute approximate surface area is 145 Å². The summed E-state index contributed by atoms with van der Waals surface area (Å²) in [6.07, 6.45) is 1.04. The molecule has 25 heavy (non-hydrogen) atoms. The molecule has 1 aliphatic heterocycles. The molecule has 1 N–H and O–H groups in total. The zero-order valence-electron chi connectivity index (χ0n) is 13.9. The number of aryl methyl sites for hydroxylation is 1. The van der Waals surface area contributed by atoms with E-state index < -0.39 is 0 Å². The summed E-state index contributed by atoms with van der Waals surface area (Å²) in [6, 6.07) is 14.6. The Morgan fingerprint density at radius 2 is 1.92 bits per heavy atom. The molecule has 0 saturated carbocycles. The maximum Gasteiger partial charge on any atom is 0.295 e. The summed E-state index contributed by atoms with van der Waals surface area (Å²) in [4.78, 5) is 23.8. The predicted molar refractivity (Wildman–Crippen MR) is 92.7 cm³/mol. The molecule has 0 radical (unpaired) electrons. The van der Waals surface area contributed by atoms with E-state index in [1.54, 1.807) is 19.2 Å². The van der Waals surface area contributed by atoms with Crippen LogP contribution in [-0.4, -0.2) is 25.5 Å². The number of nitrogens with zero attached hydrogens (tertiary/aromatic N) is 2. The molecule has 0 bridgehead atoms. The van der Waals surface area contributed by atoms with Gasteiger partial charge in [-0.15, -0.1) is 5.11 Å². The standard InChI is InChI=1S/C19H19N3O3/c1-25-14-9-6-13(7-10-14)8-11-18(23)20-12-17-15-4-2-3-5-16(15)19(24)22-21-17/h2-7,9-10,17H,8,11-12H2,1H3,(H,20,23). The molecule has 0 fully saturated rings. The van der Waals surface area contributed by atoms with E-state index in [1.807, 2.05) is 36.4 Å². The lowest BCUT2D eigenvalue weighted by Gasteiger charge is -2.18. The van der Waals surface area contributed by atoms with Crippen LogP contribution < -0.4 is 10.1 Å². The maximum atomic E-state index is 12.1. The van der Waals surface area contributed by atoms with E-state index in [-0.39, 0.29) is 17.9 Å². The molecular weight excluding hydrogens is 318 g/mol. The summed E-state index contributed by atoms with van der Waals surface area (Å²) >= 11 is 0. The lowest BCUT2D eigenvalue weighted by molar-refractivity contribution is -0.121. The number of methoxy groups -OCH3 is 1. The Bertz CT molecular complexity index is 800. The molecule has 1 unspecified atom stereocenters. The van der Waals surface area contributed by atoms with Gasteiger partial charge >= 0.3 is 0 Å². The number of amides is 2. The first-order valence-electron chi connectivity index (χ1n) is 8.11. The number of hydrogen-bond acceptors (Lipinski definition) is 4. The van der Waals surface area contributed by atoms with Crippen LogP contribution in [0.1, 0.15) is 33.9 Å². The first kappa shape index (κ1) is 16.8. The van der Waals surface area contributed by atoms with Gasteiger partial charge in [0.05, 0.1) is 7.11 Å². The Morgan fingerprint density at radius 3 is 2.68 bits per heavy atom. The van der Waals surface area contributed by atoms with Crippen molar-refractivity contribution in [3.05, 3.63) is 65.2 Å². The van der Waals surface area contributed by atoms with E-state index in [9.17, 15) is 9.59 Å². The molecule has 6 nitrogen and oxygen atoms in total. The molecule has 1 heterocycles. The van der Waals surface area contributed by atoms with E-state index in [2.05, 4.69) is 15.5 Å². The van der Waals surface area contributed by atoms with Gasteiger partial charge in [-0.25, -0.2) is 0 Å². The molecular formula is C19H19N3O3. The summed E-state index contributed by atoms with van der Waals surface area (Å²) in [5.41, 5.74) is 2.43. The molecule has 2 aromatic carbocycles. The van der Waals surface area contributed by atoms with Crippen molar-refractivity contribution in [3.63, 3.8) is 0 Å². The average molecular weight is 337 g/mol. The highest BCUT2D eigenvalue weighted by atomic mass is 16.5. The fourth-order valence-corrected chi connectivity index (χ4v) is 2.72. The SMILES string of the molecule is COc1ccc(CCC(=O)NCC2N=NC(=O)c3ccccc32)cc1. The van der Waals surface area contributed by atoms with Crippen LogP contribution in [0.15, 0.2) is 58.8 Å². The van der Waals surface area contributed by atoms with Crippen molar-refractivity contribution in [2.24, 2.45) is 10.2 Å². The number of ether oxygens (including phenoxy) is 1. The van der Waals surface area contributed by atoms with Gasteiger partial charge in [-0.1, -0.05) is 30.3 Å². The second kappa shape index (κ2) is 7.70. The van der Waals surface area contributed by atoms with Crippen LogP contribution in [0.5, 0.6) is 5.75 Å². The maximum absolute atomic E-state index is 12.1. The van der Waals surface area contributed by atoms with Crippen LogP contribution in [0, 0.1) is 0 Å². The van der Waals surface area contributed by atoms with Crippen LogP contribution in [0.3, 0.4) is 0 Å². The number of hydrogen-bond donors (Lipinski definition) is 1. The Morgan fingerprint density at radius 1 is 1.16 bits per heavy atom. The summed E-state index contributed by atoms with van der Waals surface area (Å²) in [7, 11) is 1.62. The van der Waals surface area contributed by atoms with Crippen LogP contribution in [-0.2, 0) is 11.2 Å². The van der Waals surface area contributed by atoms with E-state index in [0.29, 0.717) is 24.9 Å². The van der Waals surface area contributed by atoms with Crippen molar-refractivity contribution in [2.45, 2.75) is 18.9 Å². The fourth-order valence-electron chi connectivity index (χ4n) is 2.72. The van der Waals surface area contributed by atoms with Crippen molar-refractivity contribution < 1.29 is 14.3 Å². The third-order valence-corrected chi connectivity index (χ3v) is 4.13. The zero-order chi connectivity index (χ0) is 17.6. The van der Waals surface area contributed by atoms with Gasteiger partial charge in [0.15, 0.2) is 0 Å². The van der Waals surface area contributed by atoms with Crippen molar-refractivity contribution in [3.8, 4) is 5.75 Å². The first-order valence-corrected chi connectivity index (χ1v) is 8.11. The van der Waals surface area contributed by atoms with Crippen molar-refractivity contribution in [1.82, 2.24) is 5.32 Å². The molecule has 0 aliphatic carbocycles. The second-order valence-corrected chi connectivity index (χ2v) is 5.78. The Balaban J connectivity index is 1.52. The summed E-state index contributed by atoms with van der Waals surface area (Å²) in [5.74, 6) is 0.405. The summed E-state index contributed by atoms with van der Waals surface area (Å²) in [5, 5.41) is 10.5. The van der Waals surface area contributed by atoms with E-state index in [1.165, 1.54) is 0 Å². The van der Waals surface area contributed by atoms with E-state index in [4.69, 9.17) is 4.74 Å². The number of rotatable bonds is 6. The number of benzene rings is 2. The largest absolute Gasteiger partial charge is 0.497 e. The topological polar surface area (TPSA) is 80.1 Å². The minimum Gasteiger partial charge on any atom is -0.497 e. The summed E-state index contributed by atoms with van der Waals surface area (Å²) < 4.78 is 5.11. The smallest absolute Gasteiger partial charge is 0.295 e. The zero-order valence-corrected chi connectivity index (χ0v) is 13.9. The molecule has 128 valence electrons. The van der Waals surface area contributed by atoms with Gasteiger partial charge in [0.1, 0.15) is 11.8 Å². The van der Waals surface area contributed by atoms with Gasteiger partial charge in [0, 0.05) is 18.5 Å². The van der Waals surface area contributed by atoms with Gasteiger partial charge in [0.2, 0.25) is 5.91 Å². The third-order valence-electron chi connectivity index (χ3n) is 4.13. The van der Waals surface area contributed by atoms with Gasteiger partial charge in [0.25, 0.3) is 5.91 Å². The lowest BCUT2D eigenvalue weighted by Crippen LogP contribution is -2.29. The molecule has 0 spiro atoms. The minimum atomic E-state index is -0.335. The molecule has 2 aromatic rings. The normalized spacial score (nSPS) is 15.6. The van der Waals surface area contributed by atoms with Crippen molar-refractivity contribution in [2.75, 3.05) is 13.7 Å². The highest BCUT2D eigenvalue weighted by Gasteiger charge is 2.23. The monoisotopic (exact) mass is 337 g/mol. The molecule has 0 saturated heterocycles. The Hall–Kier alpha value is -3.02.